The summed E-state index contributed by atoms with van der Waals surface area (Å²) in [5.74, 6) is 4.82. The number of nitrogens with one attached hydrogen (secondary N) is 1. The summed E-state index contributed by atoms with van der Waals surface area (Å²) >= 11 is 1.53. The molecule has 3 aromatic heterocycles. The van der Waals surface area contributed by atoms with E-state index < -0.39 is 5.91 Å². The van der Waals surface area contributed by atoms with Gasteiger partial charge in [-0.2, -0.15) is 0 Å². The van der Waals surface area contributed by atoms with Crippen molar-refractivity contribution in [3.63, 3.8) is 0 Å². The molecule has 3 N–H and O–H groups in total. The van der Waals surface area contributed by atoms with E-state index >= 15 is 0 Å². The van der Waals surface area contributed by atoms with Gasteiger partial charge in [-0.1, -0.05) is 11.2 Å². The maximum atomic E-state index is 11.9. The number of hydrogen-bond donors (Lipinski definition) is 2. The number of hydrazine groups is 1. The SMILES string of the molecule is Cc1noc2nc(-c3cccs3)cc(C(=O)NN)c12. The normalized spacial score (nSPS) is 10.8. The van der Waals surface area contributed by atoms with Crippen molar-refractivity contribution in [2.75, 3.05) is 0 Å². The van der Waals surface area contributed by atoms with Crippen molar-refractivity contribution < 1.29 is 9.32 Å². The molecule has 0 spiro atoms. The summed E-state index contributed by atoms with van der Waals surface area (Å²) in [4.78, 5) is 17.2. The molecule has 0 radical (unpaired) electrons. The first-order chi connectivity index (χ1) is 9.20. The molecule has 96 valence electrons. The minimum atomic E-state index is -0.392. The molecule has 7 heteroatoms. The van der Waals surface area contributed by atoms with Gasteiger partial charge < -0.3 is 4.52 Å². The number of aromatic nitrogens is 2. The number of nitrogens with zero attached hydrogens (tertiary/aromatic N) is 2. The average Bonchev–Trinajstić information content (AvgIpc) is 3.07. The zero-order valence-corrected chi connectivity index (χ0v) is 10.8. The average molecular weight is 274 g/mol. The molecule has 3 heterocycles. The Kier molecular flexibility index (Phi) is 2.77. The minimum absolute atomic E-state index is 0.335. The Balaban J connectivity index is 2.31. The Bertz CT molecular complexity index is 749. The monoisotopic (exact) mass is 274 g/mol. The van der Waals surface area contributed by atoms with Crippen molar-refractivity contribution >= 4 is 28.3 Å². The fourth-order valence-electron chi connectivity index (χ4n) is 1.90. The number of nitrogen functional groups attached to an aromatic ring is 1. The Labute approximate surface area is 112 Å². The highest BCUT2D eigenvalue weighted by atomic mass is 32.1. The predicted octanol–water partition coefficient (Wildman–Crippen LogP) is 1.86. The molecule has 1 amide bonds. The van der Waals surface area contributed by atoms with E-state index in [1.54, 1.807) is 13.0 Å². The Hall–Kier alpha value is -2.25. The first kappa shape index (κ1) is 11.8. The third-order valence-electron chi connectivity index (χ3n) is 2.77. The molecule has 3 aromatic rings. The van der Waals surface area contributed by atoms with Gasteiger partial charge in [0, 0.05) is 0 Å². The Morgan fingerprint density at radius 1 is 1.53 bits per heavy atom. The highest BCUT2D eigenvalue weighted by Gasteiger charge is 2.18. The first-order valence-corrected chi connectivity index (χ1v) is 6.40. The lowest BCUT2D eigenvalue weighted by Gasteiger charge is -2.03. The van der Waals surface area contributed by atoms with Crippen LogP contribution in [0.2, 0.25) is 0 Å². The second kappa shape index (κ2) is 4.45. The van der Waals surface area contributed by atoms with E-state index in [1.165, 1.54) is 11.3 Å². The summed E-state index contributed by atoms with van der Waals surface area (Å²) in [6, 6.07) is 5.53. The summed E-state index contributed by atoms with van der Waals surface area (Å²) in [5.41, 5.74) is 4.15. The summed E-state index contributed by atoms with van der Waals surface area (Å²) in [6.07, 6.45) is 0. The molecule has 6 nitrogen and oxygen atoms in total. The summed E-state index contributed by atoms with van der Waals surface area (Å²) in [6.45, 7) is 1.76. The van der Waals surface area contributed by atoms with Gasteiger partial charge in [-0.05, 0) is 24.4 Å². The maximum Gasteiger partial charge on any atom is 0.266 e. The number of aryl methyl sites for hydroxylation is 1. The molecule has 0 saturated heterocycles. The summed E-state index contributed by atoms with van der Waals surface area (Å²) in [7, 11) is 0. The molecule has 0 aliphatic heterocycles. The van der Waals surface area contributed by atoms with Crippen molar-refractivity contribution in [3.8, 4) is 10.6 Å². The number of pyridine rings is 1. The van der Waals surface area contributed by atoms with Crippen molar-refractivity contribution in [1.82, 2.24) is 15.6 Å². The predicted molar refractivity (Wildman–Crippen MR) is 71.5 cm³/mol. The van der Waals surface area contributed by atoms with Gasteiger partial charge in [0.15, 0.2) is 0 Å². The quantitative estimate of drug-likeness (QED) is 0.422. The van der Waals surface area contributed by atoms with Crippen LogP contribution in [0.5, 0.6) is 0 Å². The fraction of sp³-hybridized carbons (Fsp3) is 0.0833. The zero-order valence-electron chi connectivity index (χ0n) is 10.0. The van der Waals surface area contributed by atoms with Crippen LogP contribution in [-0.4, -0.2) is 16.0 Å². The van der Waals surface area contributed by atoms with Gasteiger partial charge in [-0.25, -0.2) is 10.8 Å². The molecule has 0 atom stereocenters. The van der Waals surface area contributed by atoms with Crippen LogP contribution in [0.3, 0.4) is 0 Å². The highest BCUT2D eigenvalue weighted by molar-refractivity contribution is 7.13. The molecule has 0 aromatic carbocycles. The molecule has 19 heavy (non-hydrogen) atoms. The van der Waals surface area contributed by atoms with Crippen molar-refractivity contribution in [3.05, 3.63) is 34.8 Å². The number of carbonyl (C=O) groups excluding carboxylic acids is 1. The number of fused-ring (bicyclic) bond motifs is 1. The lowest BCUT2D eigenvalue weighted by molar-refractivity contribution is 0.0955. The van der Waals surface area contributed by atoms with Crippen LogP contribution in [0.15, 0.2) is 28.1 Å². The van der Waals surface area contributed by atoms with Gasteiger partial charge in [0.05, 0.1) is 27.2 Å². The molecule has 0 fully saturated rings. The van der Waals surface area contributed by atoms with Crippen molar-refractivity contribution in [1.29, 1.82) is 0 Å². The number of nitrogens with two attached hydrogens (primary N) is 1. The molecular weight excluding hydrogens is 264 g/mol. The van der Waals surface area contributed by atoms with Crippen LogP contribution in [-0.2, 0) is 0 Å². The van der Waals surface area contributed by atoms with E-state index in [9.17, 15) is 4.79 Å². The third-order valence-corrected chi connectivity index (χ3v) is 3.66. The van der Waals surface area contributed by atoms with Crippen LogP contribution < -0.4 is 11.3 Å². The summed E-state index contributed by atoms with van der Waals surface area (Å²) in [5, 5.41) is 6.37. The van der Waals surface area contributed by atoms with Gasteiger partial charge in [0.1, 0.15) is 0 Å². The lowest BCUT2D eigenvalue weighted by Crippen LogP contribution is -2.30. The van der Waals surface area contributed by atoms with Crippen LogP contribution >= 0.6 is 11.3 Å². The van der Waals surface area contributed by atoms with E-state index in [0.717, 1.165) is 4.88 Å². The fourth-order valence-corrected chi connectivity index (χ4v) is 2.59. The number of carbonyl (C=O) groups is 1. The van der Waals surface area contributed by atoms with Crippen LogP contribution in [0, 0.1) is 6.92 Å². The number of hydrogen-bond acceptors (Lipinski definition) is 6. The molecule has 0 aliphatic rings. The lowest BCUT2D eigenvalue weighted by atomic mass is 10.1. The number of amides is 1. The second-order valence-electron chi connectivity index (χ2n) is 3.95. The van der Waals surface area contributed by atoms with Crippen LogP contribution in [0.4, 0.5) is 0 Å². The van der Waals surface area contributed by atoms with Crippen LogP contribution in [0.1, 0.15) is 16.1 Å². The topological polar surface area (TPSA) is 94.0 Å². The van der Waals surface area contributed by atoms with Crippen LogP contribution in [0.25, 0.3) is 21.7 Å². The van der Waals surface area contributed by atoms with Gasteiger partial charge in [-0.3, -0.25) is 10.2 Å². The third kappa shape index (κ3) is 1.88. The first-order valence-electron chi connectivity index (χ1n) is 5.52. The molecule has 0 bridgehead atoms. The van der Waals surface area contributed by atoms with E-state index in [0.29, 0.717) is 28.1 Å². The smallest absolute Gasteiger partial charge is 0.266 e. The molecule has 0 saturated carbocycles. The van der Waals surface area contributed by atoms with E-state index in [4.69, 9.17) is 10.4 Å². The maximum absolute atomic E-state index is 11.9. The van der Waals surface area contributed by atoms with Gasteiger partial charge in [0.25, 0.3) is 11.6 Å². The van der Waals surface area contributed by atoms with Gasteiger partial charge in [0.2, 0.25) is 0 Å². The molecule has 0 aliphatic carbocycles. The standard InChI is InChI=1S/C12H10N4O2S/c1-6-10-7(11(17)15-13)5-8(9-3-2-4-19-9)14-12(10)18-16-6/h2-5H,13H2,1H3,(H,15,17). The van der Waals surface area contributed by atoms with E-state index in [1.807, 2.05) is 17.5 Å². The number of rotatable bonds is 2. The van der Waals surface area contributed by atoms with Gasteiger partial charge in [-0.15, -0.1) is 11.3 Å². The Morgan fingerprint density at radius 3 is 3.05 bits per heavy atom. The van der Waals surface area contributed by atoms with Crippen molar-refractivity contribution in [2.24, 2.45) is 5.84 Å². The molecule has 3 rings (SSSR count). The Morgan fingerprint density at radius 2 is 2.37 bits per heavy atom. The second-order valence-corrected chi connectivity index (χ2v) is 4.90. The van der Waals surface area contributed by atoms with E-state index in [2.05, 4.69) is 15.6 Å². The molecule has 0 unspecified atom stereocenters. The largest absolute Gasteiger partial charge is 0.335 e. The zero-order chi connectivity index (χ0) is 13.4. The molecular formula is C12H10N4O2S. The highest BCUT2D eigenvalue weighted by Crippen LogP contribution is 2.29. The summed E-state index contributed by atoms with van der Waals surface area (Å²) < 4.78 is 5.15. The van der Waals surface area contributed by atoms with E-state index in [-0.39, 0.29) is 0 Å². The van der Waals surface area contributed by atoms with Gasteiger partial charge >= 0.3 is 0 Å². The minimum Gasteiger partial charge on any atom is -0.335 e. The van der Waals surface area contributed by atoms with Crippen molar-refractivity contribution in [2.45, 2.75) is 6.92 Å². The number of thiophene rings is 1.